The van der Waals surface area contributed by atoms with E-state index in [1.807, 2.05) is 0 Å². The topological polar surface area (TPSA) is 130 Å². The number of piperidine rings is 1. The van der Waals surface area contributed by atoms with Crippen molar-refractivity contribution in [3.63, 3.8) is 0 Å². The molecular weight excluding hydrogens is 493 g/mol. The number of carbonyl (C=O) groups excluding carboxylic acids is 1. The number of hydrogen-bond donors (Lipinski definition) is 4. The summed E-state index contributed by atoms with van der Waals surface area (Å²) >= 11 is 6.62. The van der Waals surface area contributed by atoms with Gasteiger partial charge in [0.25, 0.3) is 5.91 Å². The first-order valence-electron chi connectivity index (χ1n) is 10.4. The van der Waals surface area contributed by atoms with Crippen LogP contribution in [0.25, 0.3) is 10.2 Å². The molecule has 1 aliphatic heterocycles. The Hall–Kier alpha value is -2.67. The number of aliphatic hydroxyl groups excluding tert-OH is 1. The van der Waals surface area contributed by atoms with Gasteiger partial charge in [-0.15, -0.1) is 11.3 Å². The van der Waals surface area contributed by atoms with Crippen molar-refractivity contribution in [2.75, 3.05) is 30.3 Å². The molecule has 1 amide bonds. The van der Waals surface area contributed by atoms with E-state index in [2.05, 4.69) is 15.3 Å². The number of anilines is 2. The quantitative estimate of drug-likeness (QED) is 0.371. The minimum atomic E-state index is -4.68. The Morgan fingerprint density at radius 2 is 2.03 bits per heavy atom. The number of rotatable bonds is 6. The van der Waals surface area contributed by atoms with Gasteiger partial charge in [0, 0.05) is 31.1 Å². The van der Waals surface area contributed by atoms with Crippen LogP contribution in [0, 0.1) is 0 Å². The van der Waals surface area contributed by atoms with Gasteiger partial charge in [-0.1, -0.05) is 17.7 Å². The molecule has 13 heteroatoms. The second kappa shape index (κ2) is 9.53. The molecule has 34 heavy (non-hydrogen) atoms. The number of halogens is 4. The normalized spacial score (nSPS) is 16.2. The van der Waals surface area contributed by atoms with Gasteiger partial charge in [-0.2, -0.15) is 13.2 Å². The van der Waals surface area contributed by atoms with Crippen molar-refractivity contribution in [2.45, 2.75) is 31.2 Å². The van der Waals surface area contributed by atoms with Crippen LogP contribution in [0.5, 0.6) is 0 Å². The fourth-order valence-corrected chi connectivity index (χ4v) is 5.12. The third-order valence-corrected chi connectivity index (χ3v) is 7.04. The maximum absolute atomic E-state index is 13.8. The molecule has 0 radical (unpaired) electrons. The van der Waals surface area contributed by atoms with E-state index < -0.39 is 23.8 Å². The number of alkyl halides is 3. The Morgan fingerprint density at radius 3 is 2.65 bits per heavy atom. The summed E-state index contributed by atoms with van der Waals surface area (Å²) in [6.45, 7) is 1.19. The SMILES string of the molecule is NC(=O)c1sc2nc(N3CCC(NC[C@@H](O)c4cccc(Cl)n4)CC3)cc(C(F)(F)F)c2c1N. The van der Waals surface area contributed by atoms with E-state index in [-0.39, 0.29) is 39.2 Å². The summed E-state index contributed by atoms with van der Waals surface area (Å²) in [6, 6.07) is 6.05. The van der Waals surface area contributed by atoms with E-state index in [4.69, 9.17) is 23.1 Å². The first-order chi connectivity index (χ1) is 16.0. The number of aromatic nitrogens is 2. The van der Waals surface area contributed by atoms with Crippen molar-refractivity contribution in [1.29, 1.82) is 0 Å². The molecule has 0 unspecified atom stereocenters. The van der Waals surface area contributed by atoms with E-state index in [0.717, 1.165) is 17.4 Å². The molecule has 1 atom stereocenters. The molecule has 4 heterocycles. The highest BCUT2D eigenvalue weighted by atomic mass is 35.5. The Kier molecular flexibility index (Phi) is 6.85. The van der Waals surface area contributed by atoms with Crippen molar-refractivity contribution in [3.05, 3.63) is 45.6 Å². The molecule has 6 N–H and O–H groups in total. The van der Waals surface area contributed by atoms with Crippen LogP contribution in [-0.4, -0.2) is 46.7 Å². The molecular formula is C21H22ClF3N6O2S. The van der Waals surface area contributed by atoms with Crippen LogP contribution < -0.4 is 21.7 Å². The Morgan fingerprint density at radius 1 is 1.32 bits per heavy atom. The van der Waals surface area contributed by atoms with Gasteiger partial charge in [-0.3, -0.25) is 4.79 Å². The molecule has 0 saturated carbocycles. The van der Waals surface area contributed by atoms with E-state index in [9.17, 15) is 23.1 Å². The number of aliphatic hydroxyl groups is 1. The molecule has 182 valence electrons. The molecule has 1 fully saturated rings. The van der Waals surface area contributed by atoms with Crippen LogP contribution in [0.2, 0.25) is 5.15 Å². The van der Waals surface area contributed by atoms with Crippen LogP contribution in [0.4, 0.5) is 24.7 Å². The molecule has 8 nitrogen and oxygen atoms in total. The lowest BCUT2D eigenvalue weighted by atomic mass is 10.0. The maximum Gasteiger partial charge on any atom is 0.417 e. The van der Waals surface area contributed by atoms with Gasteiger partial charge in [0.2, 0.25) is 0 Å². The molecule has 3 aromatic heterocycles. The number of nitrogen functional groups attached to an aromatic ring is 1. The van der Waals surface area contributed by atoms with Crippen LogP contribution in [0.3, 0.4) is 0 Å². The number of nitrogens with one attached hydrogen (secondary N) is 1. The van der Waals surface area contributed by atoms with Crippen molar-refractivity contribution >= 4 is 50.6 Å². The zero-order valence-corrected chi connectivity index (χ0v) is 19.3. The number of pyridine rings is 2. The van der Waals surface area contributed by atoms with Gasteiger partial charge in [0.1, 0.15) is 26.8 Å². The summed E-state index contributed by atoms with van der Waals surface area (Å²) in [5, 5.41) is 13.6. The molecule has 3 aromatic rings. The van der Waals surface area contributed by atoms with Crippen LogP contribution in [0.15, 0.2) is 24.3 Å². The number of nitrogens with two attached hydrogens (primary N) is 2. The van der Waals surface area contributed by atoms with Crippen molar-refractivity contribution in [3.8, 4) is 0 Å². The second-order valence-corrected chi connectivity index (χ2v) is 9.37. The van der Waals surface area contributed by atoms with E-state index in [0.29, 0.717) is 36.8 Å². The lowest BCUT2D eigenvalue weighted by molar-refractivity contribution is -0.136. The van der Waals surface area contributed by atoms with Crippen LogP contribution in [0.1, 0.15) is 39.9 Å². The molecule has 1 aliphatic rings. The lowest BCUT2D eigenvalue weighted by Gasteiger charge is -2.34. The van der Waals surface area contributed by atoms with Crippen LogP contribution >= 0.6 is 22.9 Å². The monoisotopic (exact) mass is 514 g/mol. The highest BCUT2D eigenvalue weighted by Gasteiger charge is 2.37. The number of thiophene rings is 1. The average molecular weight is 515 g/mol. The molecule has 0 bridgehead atoms. The predicted octanol–water partition coefficient (Wildman–Crippen LogP) is 3.34. The third-order valence-electron chi connectivity index (χ3n) is 5.71. The molecule has 4 rings (SSSR count). The summed E-state index contributed by atoms with van der Waals surface area (Å²) in [6.07, 6.45) is -4.24. The smallest absolute Gasteiger partial charge is 0.397 e. The predicted molar refractivity (Wildman–Crippen MR) is 125 cm³/mol. The van der Waals surface area contributed by atoms with Crippen molar-refractivity contribution < 1.29 is 23.1 Å². The third kappa shape index (κ3) is 5.04. The zero-order valence-electron chi connectivity index (χ0n) is 17.8. The molecule has 0 spiro atoms. The van der Waals surface area contributed by atoms with E-state index >= 15 is 0 Å². The van der Waals surface area contributed by atoms with Crippen LogP contribution in [-0.2, 0) is 6.18 Å². The standard InChI is InChI=1S/C21H22ClF3N6O2S/c22-14-3-1-2-12(29-14)13(32)9-28-10-4-6-31(7-5-10)15-8-11(21(23,24)25)16-17(26)18(19(27)33)34-20(16)30-15/h1-3,8,10,13,28,32H,4-7,9,26H2,(H2,27,33)/t13-/m1/s1. The number of carbonyl (C=O) groups is 1. The first kappa shape index (κ1) is 24.5. The Bertz CT molecular complexity index is 1210. The van der Waals surface area contributed by atoms with Crippen molar-refractivity contribution in [1.82, 2.24) is 15.3 Å². The van der Waals surface area contributed by atoms with Gasteiger partial charge >= 0.3 is 6.18 Å². The maximum atomic E-state index is 13.8. The van der Waals surface area contributed by atoms with E-state index in [1.54, 1.807) is 23.1 Å². The van der Waals surface area contributed by atoms with Gasteiger partial charge in [-0.25, -0.2) is 9.97 Å². The number of fused-ring (bicyclic) bond motifs is 1. The summed E-state index contributed by atoms with van der Waals surface area (Å²) in [5.41, 5.74) is 10.3. The Labute approximate surface area is 201 Å². The van der Waals surface area contributed by atoms with Gasteiger partial charge in [0.05, 0.1) is 16.9 Å². The zero-order chi connectivity index (χ0) is 24.6. The minimum absolute atomic E-state index is 0.0218. The Balaban J connectivity index is 1.47. The average Bonchev–Trinajstić information content (AvgIpc) is 3.13. The van der Waals surface area contributed by atoms with Gasteiger partial charge in [-0.05, 0) is 31.0 Å². The van der Waals surface area contributed by atoms with E-state index in [1.165, 1.54) is 0 Å². The highest BCUT2D eigenvalue weighted by Crippen LogP contribution is 2.43. The molecule has 0 aliphatic carbocycles. The fourth-order valence-electron chi connectivity index (χ4n) is 3.98. The fraction of sp³-hybridized carbons (Fsp3) is 0.381. The van der Waals surface area contributed by atoms with Crippen molar-refractivity contribution in [2.24, 2.45) is 5.73 Å². The lowest BCUT2D eigenvalue weighted by Crippen LogP contribution is -2.44. The number of primary amides is 1. The minimum Gasteiger partial charge on any atom is -0.397 e. The van der Waals surface area contributed by atoms with Gasteiger partial charge < -0.3 is 26.8 Å². The highest BCUT2D eigenvalue weighted by molar-refractivity contribution is 7.21. The summed E-state index contributed by atoms with van der Waals surface area (Å²) in [4.78, 5) is 21.7. The first-order valence-corrected chi connectivity index (χ1v) is 11.6. The molecule has 1 saturated heterocycles. The summed E-state index contributed by atoms with van der Waals surface area (Å²) in [7, 11) is 0. The summed E-state index contributed by atoms with van der Waals surface area (Å²) < 4.78 is 41.4. The second-order valence-electron chi connectivity index (χ2n) is 7.99. The summed E-state index contributed by atoms with van der Waals surface area (Å²) in [5.74, 6) is -0.726. The number of amides is 1. The largest absolute Gasteiger partial charge is 0.417 e. The van der Waals surface area contributed by atoms with Gasteiger partial charge in [0.15, 0.2) is 0 Å². The number of hydrogen-bond acceptors (Lipinski definition) is 8. The number of nitrogens with zero attached hydrogens (tertiary/aromatic N) is 3. The molecule has 0 aromatic carbocycles.